The number of nitrogens with one attached hydrogen (secondary N) is 1. The number of amides is 2. The molecule has 0 spiro atoms. The first kappa shape index (κ1) is 33.4. The monoisotopic (exact) mass is 676 g/mol. The molecule has 0 aliphatic carbocycles. The Balaban J connectivity index is 1.12. The molecule has 10 nitrogen and oxygen atoms in total. The lowest BCUT2D eigenvalue weighted by atomic mass is 10.0. The number of hydrogen-bond acceptors (Lipinski definition) is 8. The highest BCUT2D eigenvalue weighted by Crippen LogP contribution is 2.30. The average molecular weight is 677 g/mol. The summed E-state index contributed by atoms with van der Waals surface area (Å²) in [6.07, 6.45) is 5.71. The van der Waals surface area contributed by atoms with Gasteiger partial charge in [0.15, 0.2) is 5.89 Å². The highest BCUT2D eigenvalue weighted by molar-refractivity contribution is 6.33. The Hall–Kier alpha value is -5.48. The molecule has 11 heteroatoms. The van der Waals surface area contributed by atoms with Crippen molar-refractivity contribution in [3.8, 4) is 11.1 Å². The van der Waals surface area contributed by atoms with Crippen LogP contribution in [0, 0.1) is 0 Å². The summed E-state index contributed by atoms with van der Waals surface area (Å²) in [6.45, 7) is 6.69. The number of carbonyl (C=O) groups excluding carboxylic acids is 2. The van der Waals surface area contributed by atoms with Crippen molar-refractivity contribution in [1.82, 2.24) is 19.9 Å². The number of hydrogen-bond donors (Lipinski definition) is 2. The smallest absolute Gasteiger partial charge is 0.410 e. The number of nitrogens with two attached hydrogens (primary N) is 1. The van der Waals surface area contributed by atoms with E-state index in [4.69, 9.17) is 31.5 Å². The lowest BCUT2D eigenvalue weighted by Gasteiger charge is -2.27. The first-order valence-corrected chi connectivity index (χ1v) is 16.4. The molecule has 0 saturated carbocycles. The highest BCUT2D eigenvalue weighted by Gasteiger charge is 2.23. The maximum atomic E-state index is 13.2. The Bertz CT molecular complexity index is 2130. The molecule has 3 aromatic heterocycles. The van der Waals surface area contributed by atoms with Gasteiger partial charge in [-0.05, 0) is 56.2 Å². The fourth-order valence-electron chi connectivity index (χ4n) is 5.54. The van der Waals surface area contributed by atoms with Crippen molar-refractivity contribution in [2.45, 2.75) is 45.8 Å². The van der Waals surface area contributed by atoms with E-state index in [-0.39, 0.29) is 0 Å². The molecule has 0 atom stereocenters. The number of ether oxygens (including phenoxy) is 1. The van der Waals surface area contributed by atoms with Crippen LogP contribution in [0.15, 0.2) is 95.8 Å². The molecule has 3 N–H and O–H groups in total. The van der Waals surface area contributed by atoms with Crippen LogP contribution < -0.4 is 11.1 Å². The van der Waals surface area contributed by atoms with Crippen molar-refractivity contribution in [1.29, 1.82) is 0 Å². The van der Waals surface area contributed by atoms with Gasteiger partial charge >= 0.3 is 6.09 Å². The zero-order valence-corrected chi connectivity index (χ0v) is 28.3. The minimum absolute atomic E-state index is 0.310. The molecule has 0 bridgehead atoms. The van der Waals surface area contributed by atoms with Gasteiger partial charge in [0, 0.05) is 77.2 Å². The molecule has 0 fully saturated rings. The van der Waals surface area contributed by atoms with E-state index in [0.717, 1.165) is 32.8 Å². The predicted octanol–water partition coefficient (Wildman–Crippen LogP) is 7.82. The second kappa shape index (κ2) is 14.3. The molecule has 0 unspecified atom stereocenters. The van der Waals surface area contributed by atoms with Crippen LogP contribution in [0.4, 0.5) is 10.6 Å². The Morgan fingerprint density at radius 2 is 1.78 bits per heavy atom. The molecule has 3 aromatic carbocycles. The van der Waals surface area contributed by atoms with Crippen molar-refractivity contribution < 1.29 is 18.7 Å². The summed E-state index contributed by atoms with van der Waals surface area (Å²) < 4.78 is 11.8. The molecule has 2 amide bonds. The highest BCUT2D eigenvalue weighted by atomic mass is 35.5. The molecule has 250 valence electrons. The molecule has 6 rings (SSSR count). The lowest BCUT2D eigenvalue weighted by molar-refractivity contribution is 0.0233. The van der Waals surface area contributed by atoms with Gasteiger partial charge in [0.25, 0.3) is 0 Å². The zero-order chi connectivity index (χ0) is 34.5. The number of pyridine rings is 2. The van der Waals surface area contributed by atoms with Gasteiger partial charge in [-0.3, -0.25) is 9.78 Å². The normalized spacial score (nSPS) is 11.5. The number of nitrogens with zero attached hydrogens (tertiary/aromatic N) is 4. The maximum Gasteiger partial charge on any atom is 0.410 e. The maximum absolute atomic E-state index is 13.2. The van der Waals surface area contributed by atoms with Gasteiger partial charge in [0.2, 0.25) is 5.91 Å². The van der Waals surface area contributed by atoms with Gasteiger partial charge in [-0.1, -0.05) is 60.1 Å². The third-order valence-corrected chi connectivity index (χ3v) is 8.20. The number of carbonyl (C=O) groups is 2. The standard InChI is InChI=1S/C38H37ClN6O4/c1-38(2,3)49-37(47)45(23-24-9-11-28(32(39)19-24)25-7-5-4-6-8-25)18-15-34-43-21-27(48-34)13-17-42-36-30-14-16-41-22-31(30)29-12-10-26(35(40)46)20-33(29)44-36/h4-12,14,16,19-22H,13,15,17-18,23H2,1-3H3,(H2,40,46)(H,42,44). The van der Waals surface area contributed by atoms with Gasteiger partial charge in [-0.15, -0.1) is 0 Å². The Kier molecular flexibility index (Phi) is 9.77. The van der Waals surface area contributed by atoms with E-state index >= 15 is 0 Å². The zero-order valence-electron chi connectivity index (χ0n) is 27.6. The molecule has 0 radical (unpaired) electrons. The van der Waals surface area contributed by atoms with E-state index in [1.807, 2.05) is 81.4 Å². The minimum Gasteiger partial charge on any atom is -0.446 e. The summed E-state index contributed by atoms with van der Waals surface area (Å²) in [4.78, 5) is 40.2. The number of anilines is 1. The summed E-state index contributed by atoms with van der Waals surface area (Å²) in [5, 5.41) is 6.71. The summed E-state index contributed by atoms with van der Waals surface area (Å²) in [5.41, 5.74) is 8.71. The van der Waals surface area contributed by atoms with E-state index < -0.39 is 17.6 Å². The van der Waals surface area contributed by atoms with Crippen molar-refractivity contribution in [3.63, 3.8) is 0 Å². The van der Waals surface area contributed by atoms with E-state index in [9.17, 15) is 9.59 Å². The van der Waals surface area contributed by atoms with Crippen LogP contribution >= 0.6 is 11.6 Å². The van der Waals surface area contributed by atoms with Gasteiger partial charge in [0.1, 0.15) is 17.2 Å². The number of primary amides is 1. The van der Waals surface area contributed by atoms with Crippen molar-refractivity contribution >= 4 is 51.1 Å². The topological polar surface area (TPSA) is 136 Å². The summed E-state index contributed by atoms with van der Waals surface area (Å²) >= 11 is 6.67. The SMILES string of the molecule is CC(C)(C)OC(=O)N(CCc1ncc(CCNc2nc3cc(C(N)=O)ccc3c3cnccc23)o1)Cc1ccc(-c2ccccc2)c(Cl)c1. The van der Waals surface area contributed by atoms with Crippen molar-refractivity contribution in [2.75, 3.05) is 18.4 Å². The van der Waals surface area contributed by atoms with Crippen LogP contribution in [0.2, 0.25) is 5.02 Å². The second-order valence-corrected chi connectivity index (χ2v) is 13.1. The molecule has 0 saturated heterocycles. The molecular weight excluding hydrogens is 640 g/mol. The lowest BCUT2D eigenvalue weighted by Crippen LogP contribution is -2.37. The van der Waals surface area contributed by atoms with E-state index in [1.165, 1.54) is 0 Å². The first-order valence-electron chi connectivity index (χ1n) is 16.0. The third kappa shape index (κ3) is 8.16. The van der Waals surface area contributed by atoms with Crippen LogP contribution in [-0.2, 0) is 24.1 Å². The van der Waals surface area contributed by atoms with Crippen LogP contribution in [0.5, 0.6) is 0 Å². The molecule has 3 heterocycles. The predicted molar refractivity (Wildman–Crippen MR) is 191 cm³/mol. The first-order chi connectivity index (χ1) is 23.5. The fraction of sp³-hybridized carbons (Fsp3) is 0.237. The molecule has 0 aliphatic heterocycles. The summed E-state index contributed by atoms with van der Waals surface area (Å²) in [6, 6.07) is 22.9. The Morgan fingerprint density at radius 3 is 2.53 bits per heavy atom. The van der Waals surface area contributed by atoms with Crippen molar-refractivity contribution in [2.24, 2.45) is 5.73 Å². The number of benzene rings is 3. The number of fused-ring (bicyclic) bond motifs is 3. The van der Waals surface area contributed by atoms with Crippen LogP contribution in [0.3, 0.4) is 0 Å². The van der Waals surface area contributed by atoms with Crippen LogP contribution in [0.1, 0.15) is 48.3 Å². The van der Waals surface area contributed by atoms with Crippen molar-refractivity contribution in [3.05, 3.63) is 119 Å². The van der Waals surface area contributed by atoms with Crippen LogP contribution in [-0.4, -0.2) is 50.5 Å². The molecular formula is C38H37ClN6O4. The summed E-state index contributed by atoms with van der Waals surface area (Å²) in [5.74, 6) is 1.36. The summed E-state index contributed by atoms with van der Waals surface area (Å²) in [7, 11) is 0. The average Bonchev–Trinajstić information content (AvgIpc) is 3.53. The van der Waals surface area contributed by atoms with E-state index in [0.29, 0.717) is 66.0 Å². The number of aromatic nitrogens is 3. The second-order valence-electron chi connectivity index (χ2n) is 12.7. The van der Waals surface area contributed by atoms with E-state index in [2.05, 4.69) is 15.3 Å². The third-order valence-electron chi connectivity index (χ3n) is 7.89. The van der Waals surface area contributed by atoms with Gasteiger partial charge < -0.3 is 25.1 Å². The molecule has 0 aliphatic rings. The Morgan fingerprint density at radius 1 is 0.959 bits per heavy atom. The van der Waals surface area contributed by atoms with Crippen LogP contribution in [0.25, 0.3) is 32.8 Å². The van der Waals surface area contributed by atoms with Gasteiger partial charge in [-0.2, -0.15) is 0 Å². The molecule has 49 heavy (non-hydrogen) atoms. The molecule has 6 aromatic rings. The van der Waals surface area contributed by atoms with Gasteiger partial charge in [-0.25, -0.2) is 14.8 Å². The number of rotatable bonds is 11. The van der Waals surface area contributed by atoms with Gasteiger partial charge in [0.05, 0.1) is 11.7 Å². The Labute approximate surface area is 289 Å². The largest absolute Gasteiger partial charge is 0.446 e. The fourth-order valence-corrected chi connectivity index (χ4v) is 5.85. The number of halogens is 1. The van der Waals surface area contributed by atoms with E-state index in [1.54, 1.807) is 35.6 Å². The minimum atomic E-state index is -0.654. The quantitative estimate of drug-likeness (QED) is 0.133. The number of oxazole rings is 1.